The van der Waals surface area contributed by atoms with Crippen molar-refractivity contribution in [2.45, 2.75) is 26.7 Å². The van der Waals surface area contributed by atoms with Gasteiger partial charge < -0.3 is 14.7 Å². The Morgan fingerprint density at radius 2 is 1.58 bits per heavy atom. The number of carbonyl (C=O) groups excluding carboxylic acids is 2. The van der Waals surface area contributed by atoms with E-state index in [9.17, 15) is 9.59 Å². The van der Waals surface area contributed by atoms with Gasteiger partial charge in [-0.15, -0.1) is 10.2 Å². The Bertz CT molecular complexity index is 1120. The zero-order chi connectivity index (χ0) is 25.3. The minimum Gasteiger partial charge on any atom is -0.353 e. The van der Waals surface area contributed by atoms with Gasteiger partial charge in [0.05, 0.1) is 12.2 Å². The van der Waals surface area contributed by atoms with Crippen molar-refractivity contribution in [3.8, 4) is 11.3 Å². The van der Waals surface area contributed by atoms with Crippen LogP contribution in [0.2, 0.25) is 0 Å². The minimum atomic E-state index is -0.148. The van der Waals surface area contributed by atoms with E-state index in [0.717, 1.165) is 42.0 Å². The lowest BCUT2D eigenvalue weighted by Crippen LogP contribution is -2.46. The number of amides is 2. The van der Waals surface area contributed by atoms with Crippen LogP contribution < -0.4 is 4.90 Å². The van der Waals surface area contributed by atoms with E-state index in [1.807, 2.05) is 79.4 Å². The molecule has 0 atom stereocenters. The molecule has 2 amide bonds. The number of aromatic nitrogens is 2. The zero-order valence-corrected chi connectivity index (χ0v) is 21.2. The molecular formula is C29H35N5O2. The Hall–Kier alpha value is -3.74. The van der Waals surface area contributed by atoms with Crippen LogP contribution in [0.15, 0.2) is 72.8 Å². The van der Waals surface area contributed by atoms with E-state index in [1.54, 1.807) is 4.90 Å². The number of anilines is 1. The van der Waals surface area contributed by atoms with Gasteiger partial charge in [0.15, 0.2) is 5.82 Å². The largest absolute Gasteiger partial charge is 0.353 e. The molecule has 0 spiro atoms. The Balaban J connectivity index is 1.35. The van der Waals surface area contributed by atoms with Crippen LogP contribution in [-0.2, 0) is 16.0 Å². The van der Waals surface area contributed by atoms with E-state index in [4.69, 9.17) is 0 Å². The highest BCUT2D eigenvalue weighted by molar-refractivity contribution is 5.85. The van der Waals surface area contributed by atoms with Crippen molar-refractivity contribution in [2.75, 3.05) is 44.2 Å². The van der Waals surface area contributed by atoms with E-state index >= 15 is 0 Å². The van der Waals surface area contributed by atoms with Crippen molar-refractivity contribution >= 4 is 17.6 Å². The number of nitrogens with zero attached hydrogens (tertiary/aromatic N) is 5. The summed E-state index contributed by atoms with van der Waals surface area (Å²) in [5.41, 5.74) is 3.05. The summed E-state index contributed by atoms with van der Waals surface area (Å²) in [6, 6.07) is 24.1. The molecule has 188 valence electrons. The molecule has 1 fully saturated rings. The second-order valence-electron chi connectivity index (χ2n) is 9.51. The van der Waals surface area contributed by atoms with Crippen molar-refractivity contribution in [1.29, 1.82) is 0 Å². The van der Waals surface area contributed by atoms with Crippen molar-refractivity contribution in [1.82, 2.24) is 20.0 Å². The van der Waals surface area contributed by atoms with Gasteiger partial charge in [-0.05, 0) is 30.5 Å². The van der Waals surface area contributed by atoms with Gasteiger partial charge >= 0.3 is 0 Å². The molecule has 7 heteroatoms. The minimum absolute atomic E-state index is 0.00409. The summed E-state index contributed by atoms with van der Waals surface area (Å²) >= 11 is 0. The van der Waals surface area contributed by atoms with Crippen LogP contribution >= 0.6 is 0 Å². The van der Waals surface area contributed by atoms with Crippen LogP contribution in [-0.4, -0.2) is 71.1 Å². The molecule has 0 saturated carbocycles. The van der Waals surface area contributed by atoms with Crippen LogP contribution in [0.3, 0.4) is 0 Å². The Morgan fingerprint density at radius 1 is 0.861 bits per heavy atom. The monoisotopic (exact) mass is 485 g/mol. The van der Waals surface area contributed by atoms with Gasteiger partial charge in [-0.3, -0.25) is 9.59 Å². The Morgan fingerprint density at radius 3 is 2.25 bits per heavy atom. The Kier molecular flexibility index (Phi) is 8.66. The lowest BCUT2D eigenvalue weighted by Gasteiger charge is -2.28. The fraction of sp³-hybridized carbons (Fsp3) is 0.379. The smallest absolute Gasteiger partial charge is 0.242 e. The third kappa shape index (κ3) is 6.68. The first-order chi connectivity index (χ1) is 17.5. The summed E-state index contributed by atoms with van der Waals surface area (Å²) in [6.45, 7) is 7.20. The molecule has 0 unspecified atom stereocenters. The van der Waals surface area contributed by atoms with Gasteiger partial charge in [0, 0.05) is 44.2 Å². The van der Waals surface area contributed by atoms with Crippen LogP contribution in [0.4, 0.5) is 5.82 Å². The first kappa shape index (κ1) is 25.4. The molecule has 4 rings (SSSR count). The maximum absolute atomic E-state index is 13.2. The van der Waals surface area contributed by atoms with E-state index in [2.05, 4.69) is 27.2 Å². The summed E-state index contributed by atoms with van der Waals surface area (Å²) in [5.74, 6) is 0.697. The fourth-order valence-corrected chi connectivity index (χ4v) is 4.46. The third-order valence-electron chi connectivity index (χ3n) is 6.54. The fourth-order valence-electron chi connectivity index (χ4n) is 4.46. The number of hydrogen-bond donors (Lipinski definition) is 0. The van der Waals surface area contributed by atoms with Gasteiger partial charge in [-0.2, -0.15) is 0 Å². The summed E-state index contributed by atoms with van der Waals surface area (Å²) in [6.07, 6.45) is 1.58. The van der Waals surface area contributed by atoms with Gasteiger partial charge in [-0.1, -0.05) is 74.5 Å². The van der Waals surface area contributed by atoms with Crippen molar-refractivity contribution in [2.24, 2.45) is 5.92 Å². The summed E-state index contributed by atoms with van der Waals surface area (Å²) in [4.78, 5) is 31.9. The molecule has 1 aromatic heterocycles. The summed E-state index contributed by atoms with van der Waals surface area (Å²) < 4.78 is 0. The van der Waals surface area contributed by atoms with Crippen LogP contribution in [0.1, 0.15) is 25.8 Å². The van der Waals surface area contributed by atoms with Gasteiger partial charge in [-0.25, -0.2) is 0 Å². The van der Waals surface area contributed by atoms with Crippen LogP contribution in [0.25, 0.3) is 11.3 Å². The lowest BCUT2D eigenvalue weighted by atomic mass is 10.1. The second kappa shape index (κ2) is 12.3. The van der Waals surface area contributed by atoms with Crippen LogP contribution in [0, 0.1) is 5.92 Å². The third-order valence-corrected chi connectivity index (χ3v) is 6.54. The normalized spacial score (nSPS) is 14.0. The van der Waals surface area contributed by atoms with E-state index in [0.29, 0.717) is 26.2 Å². The number of carbonyl (C=O) groups is 2. The average molecular weight is 486 g/mol. The SMILES string of the molecule is CC(C)C(=O)N(CCc1ccccc1)CC(=O)N1CCCN(c2ccc(-c3ccccc3)nn2)CC1. The maximum Gasteiger partial charge on any atom is 0.242 e. The first-order valence-corrected chi connectivity index (χ1v) is 12.8. The predicted molar refractivity (Wildman–Crippen MR) is 142 cm³/mol. The van der Waals surface area contributed by atoms with E-state index in [-0.39, 0.29) is 24.3 Å². The molecule has 1 saturated heterocycles. The van der Waals surface area contributed by atoms with E-state index in [1.165, 1.54) is 0 Å². The van der Waals surface area contributed by atoms with Gasteiger partial charge in [0.25, 0.3) is 0 Å². The molecule has 0 N–H and O–H groups in total. The standard InChI is InChI=1S/C29H35N5O2/c1-23(2)29(36)34(19-16-24-10-5-3-6-11-24)22-28(35)33-18-9-17-32(20-21-33)27-15-14-26(30-31-27)25-12-7-4-8-13-25/h3-8,10-15,23H,9,16-22H2,1-2H3. The second-order valence-corrected chi connectivity index (χ2v) is 9.51. The first-order valence-electron chi connectivity index (χ1n) is 12.8. The molecule has 36 heavy (non-hydrogen) atoms. The molecule has 7 nitrogen and oxygen atoms in total. The zero-order valence-electron chi connectivity index (χ0n) is 21.2. The molecule has 0 radical (unpaired) electrons. The predicted octanol–water partition coefficient (Wildman–Crippen LogP) is 3.91. The molecule has 0 aliphatic carbocycles. The topological polar surface area (TPSA) is 69.6 Å². The Labute approximate surface area is 213 Å². The highest BCUT2D eigenvalue weighted by atomic mass is 16.2. The maximum atomic E-state index is 13.2. The quantitative estimate of drug-likeness (QED) is 0.484. The number of hydrogen-bond acceptors (Lipinski definition) is 5. The molecule has 2 aromatic carbocycles. The van der Waals surface area contributed by atoms with Gasteiger partial charge in [0.1, 0.15) is 0 Å². The molecule has 3 aromatic rings. The highest BCUT2D eigenvalue weighted by Gasteiger charge is 2.25. The number of benzene rings is 2. The summed E-state index contributed by atoms with van der Waals surface area (Å²) in [5, 5.41) is 8.87. The molecule has 2 heterocycles. The molecule has 1 aliphatic rings. The van der Waals surface area contributed by atoms with Crippen LogP contribution in [0.5, 0.6) is 0 Å². The molecule has 1 aliphatic heterocycles. The van der Waals surface area contributed by atoms with Crippen molar-refractivity contribution in [3.05, 3.63) is 78.4 Å². The molecule has 0 bridgehead atoms. The van der Waals surface area contributed by atoms with Crippen molar-refractivity contribution in [3.63, 3.8) is 0 Å². The molecular weight excluding hydrogens is 450 g/mol. The lowest BCUT2D eigenvalue weighted by molar-refractivity contribution is -0.142. The highest BCUT2D eigenvalue weighted by Crippen LogP contribution is 2.19. The van der Waals surface area contributed by atoms with Gasteiger partial charge in [0.2, 0.25) is 11.8 Å². The summed E-state index contributed by atoms with van der Waals surface area (Å²) in [7, 11) is 0. The van der Waals surface area contributed by atoms with Crippen molar-refractivity contribution < 1.29 is 9.59 Å². The number of rotatable bonds is 8. The van der Waals surface area contributed by atoms with E-state index < -0.39 is 0 Å². The average Bonchev–Trinajstić information content (AvgIpc) is 3.18.